The Balaban J connectivity index is 2.97. The smallest absolute Gasteiger partial charge is 0.382 e. The Hall–Kier alpha value is -2.11. The van der Waals surface area contributed by atoms with E-state index in [0.29, 0.717) is 0 Å². The highest BCUT2D eigenvalue weighted by atomic mass is 16.6. The molecule has 0 aliphatic carbocycles. The molecule has 0 aromatic heterocycles. The lowest BCUT2D eigenvalue weighted by molar-refractivity contribution is -0.514. The second kappa shape index (κ2) is 6.88. The molecule has 2 atom stereocenters. The molecule has 0 amide bonds. The average molecular weight is 280 g/mol. The van der Waals surface area contributed by atoms with E-state index in [-0.39, 0.29) is 6.61 Å². The molecule has 0 saturated carbocycles. The molecule has 0 bridgehead atoms. The topological polar surface area (TPSA) is 72.7 Å². The third kappa shape index (κ3) is 3.69. The van der Waals surface area contributed by atoms with Crippen LogP contribution in [0.1, 0.15) is 25.3 Å². The summed E-state index contributed by atoms with van der Waals surface area (Å²) in [5, 5.41) is 11.1. The Bertz CT molecular complexity index is 471. The molecule has 6 nitrogen and oxygen atoms in total. The molecule has 0 heterocycles. The van der Waals surface area contributed by atoms with E-state index in [1.54, 1.807) is 26.0 Å². The summed E-state index contributed by atoms with van der Waals surface area (Å²) in [5.74, 6) is -1.33. The molecule has 0 aliphatic heterocycles. The molecule has 0 N–H and O–H groups in total. The minimum absolute atomic E-state index is 0.134. The van der Waals surface area contributed by atoms with Crippen LogP contribution in [0.15, 0.2) is 24.3 Å². The van der Waals surface area contributed by atoms with Crippen molar-refractivity contribution in [1.29, 1.82) is 0 Å². The summed E-state index contributed by atoms with van der Waals surface area (Å²) in [7, 11) is 3.83. The van der Waals surface area contributed by atoms with Crippen LogP contribution in [0, 0.1) is 10.1 Å². The van der Waals surface area contributed by atoms with Gasteiger partial charge in [-0.1, -0.05) is 19.1 Å². The van der Waals surface area contributed by atoms with Gasteiger partial charge in [0.05, 0.1) is 12.5 Å². The molecule has 0 spiro atoms. The first-order valence-corrected chi connectivity index (χ1v) is 6.45. The monoisotopic (exact) mass is 280 g/mol. The second-order valence-corrected chi connectivity index (χ2v) is 4.76. The van der Waals surface area contributed by atoms with E-state index < -0.39 is 22.9 Å². The van der Waals surface area contributed by atoms with Crippen LogP contribution in [0.5, 0.6) is 0 Å². The quantitative estimate of drug-likeness (QED) is 0.453. The number of hydrogen-bond donors (Lipinski definition) is 0. The number of esters is 1. The Kier molecular flexibility index (Phi) is 5.49. The zero-order valence-corrected chi connectivity index (χ0v) is 12.2. The summed E-state index contributed by atoms with van der Waals surface area (Å²) < 4.78 is 4.78. The number of rotatable bonds is 6. The number of ether oxygens (including phenoxy) is 1. The number of nitro groups is 1. The van der Waals surface area contributed by atoms with Crippen molar-refractivity contribution in [3.63, 3.8) is 0 Å². The molecule has 0 aliphatic rings. The van der Waals surface area contributed by atoms with Crippen LogP contribution < -0.4 is 4.90 Å². The minimum Gasteiger partial charge on any atom is -0.461 e. The van der Waals surface area contributed by atoms with Crippen LogP contribution in [0.2, 0.25) is 0 Å². The van der Waals surface area contributed by atoms with Crippen molar-refractivity contribution >= 4 is 11.7 Å². The first-order valence-electron chi connectivity index (χ1n) is 6.45. The lowest BCUT2D eigenvalue weighted by Gasteiger charge is -2.18. The molecule has 1 rings (SSSR count). The summed E-state index contributed by atoms with van der Waals surface area (Å²) in [6.07, 6.45) is 0. The van der Waals surface area contributed by atoms with Gasteiger partial charge in [-0.2, -0.15) is 0 Å². The van der Waals surface area contributed by atoms with Crippen LogP contribution in [0.3, 0.4) is 0 Å². The fourth-order valence-corrected chi connectivity index (χ4v) is 1.96. The predicted molar refractivity (Wildman–Crippen MR) is 76.6 cm³/mol. The van der Waals surface area contributed by atoms with E-state index in [2.05, 4.69) is 0 Å². The van der Waals surface area contributed by atoms with Crippen molar-refractivity contribution in [3.8, 4) is 0 Å². The molecule has 0 fully saturated rings. The van der Waals surface area contributed by atoms with Gasteiger partial charge in [0.2, 0.25) is 0 Å². The Labute approximate surface area is 118 Å². The molecular formula is C14H20N2O4. The van der Waals surface area contributed by atoms with Crippen molar-refractivity contribution in [3.05, 3.63) is 39.9 Å². The van der Waals surface area contributed by atoms with Gasteiger partial charge in [0, 0.05) is 24.7 Å². The lowest BCUT2D eigenvalue weighted by Crippen LogP contribution is -2.36. The molecule has 1 aromatic rings. The number of hydrogen-bond acceptors (Lipinski definition) is 5. The molecule has 110 valence electrons. The zero-order chi connectivity index (χ0) is 15.3. The highest BCUT2D eigenvalue weighted by molar-refractivity contribution is 5.75. The summed E-state index contributed by atoms with van der Waals surface area (Å²) in [6.45, 7) is 3.43. The predicted octanol–water partition coefficient (Wildman–Crippen LogP) is 2.06. The molecular weight excluding hydrogens is 260 g/mol. The van der Waals surface area contributed by atoms with E-state index in [9.17, 15) is 14.9 Å². The molecule has 20 heavy (non-hydrogen) atoms. The maximum Gasteiger partial charge on any atom is 0.382 e. The van der Waals surface area contributed by atoms with Gasteiger partial charge in [-0.25, -0.2) is 4.79 Å². The minimum atomic E-state index is -1.37. The second-order valence-electron chi connectivity index (χ2n) is 4.76. The van der Waals surface area contributed by atoms with Crippen molar-refractivity contribution in [1.82, 2.24) is 0 Å². The van der Waals surface area contributed by atoms with Crippen LogP contribution >= 0.6 is 0 Å². The maximum absolute atomic E-state index is 11.7. The third-order valence-electron chi connectivity index (χ3n) is 3.16. The molecule has 6 heteroatoms. The van der Waals surface area contributed by atoms with Crippen molar-refractivity contribution in [2.24, 2.45) is 0 Å². The molecule has 2 unspecified atom stereocenters. The van der Waals surface area contributed by atoms with Gasteiger partial charge in [0.25, 0.3) is 0 Å². The Morgan fingerprint density at radius 3 is 2.30 bits per heavy atom. The van der Waals surface area contributed by atoms with Crippen LogP contribution in [0.25, 0.3) is 0 Å². The van der Waals surface area contributed by atoms with Gasteiger partial charge >= 0.3 is 12.0 Å². The molecule has 0 radical (unpaired) electrons. The highest BCUT2D eigenvalue weighted by Gasteiger charge is 2.38. The first kappa shape index (κ1) is 15.9. The van der Waals surface area contributed by atoms with Gasteiger partial charge in [-0.15, -0.1) is 0 Å². The number of anilines is 1. The van der Waals surface area contributed by atoms with Gasteiger partial charge in [0.1, 0.15) is 0 Å². The fraction of sp³-hybridized carbons (Fsp3) is 0.500. The van der Waals surface area contributed by atoms with Gasteiger partial charge in [-0.05, 0) is 24.6 Å². The standard InChI is InChI=1S/C14H20N2O4/c1-5-20-14(17)13(16(18)19)10(2)11-6-8-12(9-7-11)15(3)4/h6-10,13H,5H2,1-4H3. The van der Waals surface area contributed by atoms with Gasteiger partial charge in [0.15, 0.2) is 0 Å². The van der Waals surface area contributed by atoms with E-state index in [0.717, 1.165) is 11.3 Å². The molecule has 1 aromatic carbocycles. The van der Waals surface area contributed by atoms with Crippen molar-refractivity contribution in [2.75, 3.05) is 25.6 Å². The third-order valence-corrected chi connectivity index (χ3v) is 3.16. The van der Waals surface area contributed by atoms with E-state index in [1.165, 1.54) is 0 Å². The summed E-state index contributed by atoms with van der Waals surface area (Å²) in [6, 6.07) is 5.97. The number of carbonyl (C=O) groups excluding carboxylic acids is 1. The van der Waals surface area contributed by atoms with Crippen LogP contribution in [-0.4, -0.2) is 37.6 Å². The summed E-state index contributed by atoms with van der Waals surface area (Å²) in [5.41, 5.74) is 1.74. The number of nitrogens with zero attached hydrogens (tertiary/aromatic N) is 2. The lowest BCUT2D eigenvalue weighted by atomic mass is 9.93. The van der Waals surface area contributed by atoms with Crippen molar-refractivity contribution < 1.29 is 14.5 Å². The Morgan fingerprint density at radius 2 is 1.90 bits per heavy atom. The number of carbonyl (C=O) groups is 1. The normalized spacial score (nSPS) is 13.4. The maximum atomic E-state index is 11.7. The molecule has 0 saturated heterocycles. The van der Waals surface area contributed by atoms with Crippen molar-refractivity contribution in [2.45, 2.75) is 25.8 Å². The summed E-state index contributed by atoms with van der Waals surface area (Å²) >= 11 is 0. The number of benzene rings is 1. The van der Waals surface area contributed by atoms with Crippen LogP contribution in [0.4, 0.5) is 5.69 Å². The SMILES string of the molecule is CCOC(=O)C(C(C)c1ccc(N(C)C)cc1)[N+](=O)[O-]. The highest BCUT2D eigenvalue weighted by Crippen LogP contribution is 2.24. The summed E-state index contributed by atoms with van der Waals surface area (Å²) in [4.78, 5) is 24.2. The van der Waals surface area contributed by atoms with Gasteiger partial charge < -0.3 is 9.64 Å². The first-order chi connectivity index (χ1) is 9.38. The van der Waals surface area contributed by atoms with E-state index >= 15 is 0 Å². The van der Waals surface area contributed by atoms with E-state index in [1.807, 2.05) is 31.1 Å². The van der Waals surface area contributed by atoms with E-state index in [4.69, 9.17) is 4.74 Å². The average Bonchev–Trinajstić information content (AvgIpc) is 2.38. The largest absolute Gasteiger partial charge is 0.461 e. The van der Waals surface area contributed by atoms with Gasteiger partial charge in [-0.3, -0.25) is 10.1 Å². The van der Waals surface area contributed by atoms with Crippen LogP contribution in [-0.2, 0) is 9.53 Å². The fourth-order valence-electron chi connectivity index (χ4n) is 1.96. The Morgan fingerprint density at radius 1 is 1.35 bits per heavy atom. The zero-order valence-electron chi connectivity index (χ0n) is 12.2.